The predicted octanol–water partition coefficient (Wildman–Crippen LogP) is 11.3. The Morgan fingerprint density at radius 2 is 1.00 bits per heavy atom. The van der Waals surface area contributed by atoms with Crippen molar-refractivity contribution in [3.8, 4) is 28.6 Å². The molecule has 0 radical (unpaired) electrons. The van der Waals surface area contributed by atoms with Crippen LogP contribution in [0, 0.1) is 11.3 Å². The Balaban J connectivity index is 1.12. The van der Waals surface area contributed by atoms with Gasteiger partial charge in [0.25, 0.3) is 0 Å². The molecule has 0 unspecified atom stereocenters. The zero-order chi connectivity index (χ0) is 31.1. The molecule has 0 amide bonds. The van der Waals surface area contributed by atoms with E-state index in [0.29, 0.717) is 5.56 Å². The first kappa shape index (κ1) is 25.7. The Kier molecular flexibility index (Phi) is 5.32. The summed E-state index contributed by atoms with van der Waals surface area (Å²) in [5, 5.41) is 17.4. The number of hydrogen-bond acceptors (Lipinski definition) is 2. The molecule has 0 bridgehead atoms. The van der Waals surface area contributed by atoms with E-state index in [2.05, 4.69) is 143 Å². The summed E-state index contributed by atoms with van der Waals surface area (Å²) in [6, 6.07) is 55.3. The van der Waals surface area contributed by atoms with Gasteiger partial charge in [0.15, 0.2) is 0 Å². The van der Waals surface area contributed by atoms with Gasteiger partial charge in [-0.2, -0.15) is 5.26 Å². The van der Waals surface area contributed by atoms with Gasteiger partial charge in [-0.1, -0.05) is 91.0 Å². The first-order valence-electron chi connectivity index (χ1n) is 15.7. The van der Waals surface area contributed by atoms with Gasteiger partial charge in [0, 0.05) is 38.0 Å². The van der Waals surface area contributed by atoms with Gasteiger partial charge in [-0.05, 0) is 71.8 Å². The van der Waals surface area contributed by atoms with Gasteiger partial charge in [-0.15, -0.1) is 0 Å². The van der Waals surface area contributed by atoms with Crippen LogP contribution in [0.3, 0.4) is 0 Å². The van der Waals surface area contributed by atoms with Gasteiger partial charge in [0.05, 0.1) is 33.3 Å². The third kappa shape index (κ3) is 3.69. The maximum atomic E-state index is 10.5. The minimum atomic E-state index is 0.619. The molecule has 0 aliphatic rings. The number of rotatable bonds is 3. The summed E-state index contributed by atoms with van der Waals surface area (Å²) in [7, 11) is 0. The minimum Gasteiger partial charge on any atom is -0.456 e. The third-order valence-electron chi connectivity index (χ3n) is 9.57. The summed E-state index contributed by atoms with van der Waals surface area (Å²) >= 11 is 0. The quantitative estimate of drug-likeness (QED) is 0.203. The van der Waals surface area contributed by atoms with Gasteiger partial charge in [-0.25, -0.2) is 0 Å². The van der Waals surface area contributed by atoms with Gasteiger partial charge >= 0.3 is 0 Å². The fourth-order valence-corrected chi connectivity index (χ4v) is 7.45. The largest absolute Gasteiger partial charge is 0.456 e. The number of nitriles is 1. The van der Waals surface area contributed by atoms with E-state index in [-0.39, 0.29) is 0 Å². The molecule has 4 nitrogen and oxygen atoms in total. The van der Waals surface area contributed by atoms with Gasteiger partial charge in [0.2, 0.25) is 0 Å². The number of nitrogens with zero attached hydrogens (tertiary/aromatic N) is 3. The lowest BCUT2D eigenvalue weighted by Crippen LogP contribution is -1.98. The van der Waals surface area contributed by atoms with Crippen molar-refractivity contribution in [2.75, 3.05) is 0 Å². The molecule has 3 aromatic heterocycles. The molecule has 10 rings (SSSR count). The lowest BCUT2D eigenvalue weighted by molar-refractivity contribution is 0.669. The zero-order valence-corrected chi connectivity index (χ0v) is 25.2. The Morgan fingerprint density at radius 1 is 0.426 bits per heavy atom. The summed E-state index contributed by atoms with van der Waals surface area (Å²) in [4.78, 5) is 0. The summed E-state index contributed by atoms with van der Waals surface area (Å²) in [6.07, 6.45) is 0. The van der Waals surface area contributed by atoms with Crippen molar-refractivity contribution in [3.63, 3.8) is 0 Å². The van der Waals surface area contributed by atoms with E-state index in [0.717, 1.165) is 66.2 Å². The van der Waals surface area contributed by atoms with Crippen LogP contribution in [0.25, 0.3) is 88.1 Å². The molecule has 218 valence electrons. The summed E-state index contributed by atoms with van der Waals surface area (Å²) in [5.41, 5.74) is 10.9. The molecule has 0 fully saturated rings. The lowest BCUT2D eigenvalue weighted by atomic mass is 10.0. The van der Waals surface area contributed by atoms with Gasteiger partial charge < -0.3 is 13.6 Å². The average molecular weight is 600 g/mol. The maximum absolute atomic E-state index is 10.5. The Morgan fingerprint density at radius 3 is 1.68 bits per heavy atom. The number of hydrogen-bond donors (Lipinski definition) is 0. The van der Waals surface area contributed by atoms with E-state index in [1.165, 1.54) is 21.8 Å². The Labute approximate surface area is 269 Å². The standard InChI is InChI=1S/C43H25N3O/c44-26-29-23-28(27-17-20-30(21-18-27)45-38-13-5-1-9-31(38)32-10-2-6-14-39(32)45)19-22-37(29)46-40-15-7-3-11-33(40)35-25-43-36(24-41(35)46)34-12-4-8-16-42(34)47-43/h1-25H. The van der Waals surface area contributed by atoms with Crippen molar-refractivity contribution < 1.29 is 4.42 Å². The van der Waals surface area contributed by atoms with Crippen LogP contribution >= 0.6 is 0 Å². The second-order valence-electron chi connectivity index (χ2n) is 12.1. The number of aromatic nitrogens is 2. The number of para-hydroxylation sites is 4. The van der Waals surface area contributed by atoms with Crippen LogP contribution in [0.15, 0.2) is 156 Å². The van der Waals surface area contributed by atoms with Crippen molar-refractivity contribution >= 4 is 65.6 Å². The highest BCUT2D eigenvalue weighted by atomic mass is 16.3. The van der Waals surface area contributed by atoms with E-state index in [1.807, 2.05) is 24.3 Å². The molecule has 3 heterocycles. The average Bonchev–Trinajstić information content (AvgIpc) is 3.78. The number of benzene rings is 7. The summed E-state index contributed by atoms with van der Waals surface area (Å²) in [6.45, 7) is 0. The van der Waals surface area contributed by atoms with E-state index in [1.54, 1.807) is 0 Å². The SMILES string of the molecule is N#Cc1cc(-c2ccc(-n3c4ccccc4c4ccccc43)cc2)ccc1-n1c2ccccc2c2cc3oc4ccccc4c3cc21. The van der Waals surface area contributed by atoms with E-state index in [9.17, 15) is 5.26 Å². The van der Waals surface area contributed by atoms with Crippen LogP contribution in [-0.4, -0.2) is 9.13 Å². The fraction of sp³-hybridized carbons (Fsp3) is 0. The first-order valence-corrected chi connectivity index (χ1v) is 15.7. The van der Waals surface area contributed by atoms with Crippen LogP contribution in [-0.2, 0) is 0 Å². The highest BCUT2D eigenvalue weighted by Gasteiger charge is 2.19. The summed E-state index contributed by atoms with van der Waals surface area (Å²) < 4.78 is 10.8. The van der Waals surface area contributed by atoms with Crippen molar-refractivity contribution in [3.05, 3.63) is 157 Å². The lowest BCUT2D eigenvalue weighted by Gasteiger charge is -2.13. The van der Waals surface area contributed by atoms with Crippen molar-refractivity contribution in [1.29, 1.82) is 5.26 Å². The molecule has 0 atom stereocenters. The fourth-order valence-electron chi connectivity index (χ4n) is 7.45. The molecule has 47 heavy (non-hydrogen) atoms. The monoisotopic (exact) mass is 599 g/mol. The van der Waals surface area contributed by atoms with E-state index >= 15 is 0 Å². The van der Waals surface area contributed by atoms with Gasteiger partial charge in [0.1, 0.15) is 17.2 Å². The summed E-state index contributed by atoms with van der Waals surface area (Å²) in [5.74, 6) is 0. The molecule has 0 spiro atoms. The second-order valence-corrected chi connectivity index (χ2v) is 12.1. The highest BCUT2D eigenvalue weighted by molar-refractivity contribution is 6.17. The van der Waals surface area contributed by atoms with Crippen LogP contribution in [0.1, 0.15) is 5.56 Å². The molecular formula is C43H25N3O. The third-order valence-corrected chi connectivity index (χ3v) is 9.57. The van der Waals surface area contributed by atoms with Crippen LogP contribution < -0.4 is 0 Å². The second kappa shape index (κ2) is 9.71. The minimum absolute atomic E-state index is 0.619. The number of fused-ring (bicyclic) bond motifs is 9. The van der Waals surface area contributed by atoms with E-state index in [4.69, 9.17) is 4.42 Å². The van der Waals surface area contributed by atoms with Crippen molar-refractivity contribution in [1.82, 2.24) is 9.13 Å². The molecule has 0 aliphatic carbocycles. The first-order chi connectivity index (χ1) is 23.3. The van der Waals surface area contributed by atoms with Crippen LogP contribution in [0.2, 0.25) is 0 Å². The smallest absolute Gasteiger partial charge is 0.136 e. The van der Waals surface area contributed by atoms with Crippen molar-refractivity contribution in [2.45, 2.75) is 0 Å². The normalized spacial score (nSPS) is 11.8. The molecular weight excluding hydrogens is 574 g/mol. The molecule has 0 aliphatic heterocycles. The molecule has 4 heteroatoms. The maximum Gasteiger partial charge on any atom is 0.136 e. The predicted molar refractivity (Wildman–Crippen MR) is 193 cm³/mol. The van der Waals surface area contributed by atoms with Gasteiger partial charge in [-0.3, -0.25) is 0 Å². The number of furan rings is 1. The zero-order valence-electron chi connectivity index (χ0n) is 25.2. The molecule has 0 N–H and O–H groups in total. The van der Waals surface area contributed by atoms with E-state index < -0.39 is 0 Å². The van der Waals surface area contributed by atoms with Crippen LogP contribution in [0.5, 0.6) is 0 Å². The molecule has 7 aromatic carbocycles. The Bertz CT molecular complexity index is 2860. The van der Waals surface area contributed by atoms with Crippen molar-refractivity contribution in [2.24, 2.45) is 0 Å². The highest BCUT2D eigenvalue weighted by Crippen LogP contribution is 2.39. The molecule has 10 aromatic rings. The topological polar surface area (TPSA) is 46.8 Å². The molecule has 0 saturated heterocycles. The van der Waals surface area contributed by atoms with Crippen LogP contribution in [0.4, 0.5) is 0 Å². The Hall–Kier alpha value is -6.57. The molecule has 0 saturated carbocycles.